The highest BCUT2D eigenvalue weighted by Crippen LogP contribution is 2.35. The molecule has 0 aliphatic carbocycles. The van der Waals surface area contributed by atoms with E-state index in [4.69, 9.17) is 4.42 Å². The van der Waals surface area contributed by atoms with E-state index >= 15 is 0 Å². The van der Waals surface area contributed by atoms with Crippen molar-refractivity contribution in [3.05, 3.63) is 64.7 Å². The molecule has 1 saturated heterocycles. The average molecular weight is 310 g/mol. The molecule has 0 amide bonds. The third kappa shape index (κ3) is 2.72. The number of benzene rings is 1. The first-order chi connectivity index (χ1) is 10.9. The maximum absolute atomic E-state index is 5.65. The second kappa shape index (κ2) is 6.07. The highest BCUT2D eigenvalue weighted by Gasteiger charge is 2.27. The molecule has 0 saturated carbocycles. The Morgan fingerprint density at radius 1 is 1.18 bits per heavy atom. The zero-order chi connectivity index (χ0) is 14.8. The van der Waals surface area contributed by atoms with E-state index in [1.807, 2.05) is 41.7 Å². The van der Waals surface area contributed by atoms with Crippen molar-refractivity contribution in [1.29, 1.82) is 0 Å². The first-order valence-corrected chi connectivity index (χ1v) is 8.55. The molecule has 1 atom stereocenters. The quantitative estimate of drug-likeness (QED) is 0.697. The zero-order valence-corrected chi connectivity index (χ0v) is 13.1. The van der Waals surface area contributed by atoms with E-state index in [1.54, 1.807) is 6.26 Å². The normalized spacial score (nSPS) is 18.8. The maximum atomic E-state index is 5.65. The van der Waals surface area contributed by atoms with Crippen molar-refractivity contribution in [2.24, 2.45) is 0 Å². The lowest BCUT2D eigenvalue weighted by Gasteiger charge is -2.22. The van der Waals surface area contributed by atoms with Crippen LogP contribution < -0.4 is 0 Å². The lowest BCUT2D eigenvalue weighted by Crippen LogP contribution is -2.22. The van der Waals surface area contributed by atoms with Gasteiger partial charge in [-0.1, -0.05) is 24.3 Å². The van der Waals surface area contributed by atoms with Crippen molar-refractivity contribution in [2.75, 3.05) is 6.54 Å². The molecule has 0 N–H and O–H groups in total. The summed E-state index contributed by atoms with van der Waals surface area (Å²) >= 11 is 1.85. The molecule has 1 aliphatic rings. The Balaban J connectivity index is 1.51. The van der Waals surface area contributed by atoms with Crippen LogP contribution in [0.1, 0.15) is 29.5 Å². The number of aromatic nitrogens is 1. The Hall–Kier alpha value is -1.91. The van der Waals surface area contributed by atoms with Gasteiger partial charge >= 0.3 is 0 Å². The fourth-order valence-corrected chi connectivity index (χ4v) is 4.01. The predicted octanol–water partition coefficient (Wildman–Crippen LogP) is 4.74. The molecule has 1 aliphatic heterocycles. The lowest BCUT2D eigenvalue weighted by atomic mass is 10.2. The van der Waals surface area contributed by atoms with E-state index < -0.39 is 0 Å². The van der Waals surface area contributed by atoms with Gasteiger partial charge in [-0.2, -0.15) is 0 Å². The van der Waals surface area contributed by atoms with Crippen molar-refractivity contribution in [2.45, 2.75) is 25.4 Å². The molecular weight excluding hydrogens is 292 g/mol. The fraction of sp³-hybridized carbons (Fsp3) is 0.278. The molecule has 0 bridgehead atoms. The summed E-state index contributed by atoms with van der Waals surface area (Å²) in [5, 5.41) is 2.16. The number of nitrogens with zero attached hydrogens (tertiary/aromatic N) is 2. The van der Waals surface area contributed by atoms with Crippen molar-refractivity contribution in [3.8, 4) is 11.5 Å². The number of hydrogen-bond acceptors (Lipinski definition) is 4. The molecule has 3 nitrogen and oxygen atoms in total. The number of oxazole rings is 1. The van der Waals surface area contributed by atoms with Crippen LogP contribution in [-0.2, 0) is 6.54 Å². The minimum absolute atomic E-state index is 0.539. The number of thiophene rings is 1. The monoisotopic (exact) mass is 310 g/mol. The van der Waals surface area contributed by atoms with Crippen LogP contribution in [0.3, 0.4) is 0 Å². The van der Waals surface area contributed by atoms with Crippen molar-refractivity contribution >= 4 is 11.3 Å². The van der Waals surface area contributed by atoms with Gasteiger partial charge in [0, 0.05) is 23.0 Å². The number of rotatable bonds is 4. The average Bonchev–Trinajstić information content (AvgIpc) is 3.30. The fourth-order valence-electron chi connectivity index (χ4n) is 3.12. The van der Waals surface area contributed by atoms with Gasteiger partial charge in [-0.15, -0.1) is 11.3 Å². The van der Waals surface area contributed by atoms with Crippen LogP contribution >= 0.6 is 11.3 Å². The summed E-state index contributed by atoms with van der Waals surface area (Å²) in [5.41, 5.74) is 2.05. The summed E-state index contributed by atoms with van der Waals surface area (Å²) in [5.74, 6) is 0.711. The maximum Gasteiger partial charge on any atom is 0.226 e. The molecule has 22 heavy (non-hydrogen) atoms. The van der Waals surface area contributed by atoms with Crippen LogP contribution in [0, 0.1) is 0 Å². The van der Waals surface area contributed by atoms with Gasteiger partial charge in [0.2, 0.25) is 5.89 Å². The van der Waals surface area contributed by atoms with Crippen molar-refractivity contribution in [3.63, 3.8) is 0 Å². The van der Waals surface area contributed by atoms with E-state index in [0.29, 0.717) is 11.9 Å². The molecular formula is C18H18N2OS. The topological polar surface area (TPSA) is 29.3 Å². The summed E-state index contributed by atoms with van der Waals surface area (Å²) < 4.78 is 5.65. The molecule has 0 radical (unpaired) electrons. The van der Waals surface area contributed by atoms with Gasteiger partial charge in [0.1, 0.15) is 6.26 Å². The van der Waals surface area contributed by atoms with Crippen LogP contribution in [-0.4, -0.2) is 16.4 Å². The van der Waals surface area contributed by atoms with Gasteiger partial charge in [0.15, 0.2) is 0 Å². The van der Waals surface area contributed by atoms with Gasteiger partial charge in [0.05, 0.1) is 5.69 Å². The largest absolute Gasteiger partial charge is 0.444 e. The summed E-state index contributed by atoms with van der Waals surface area (Å²) in [6.07, 6.45) is 4.29. The summed E-state index contributed by atoms with van der Waals surface area (Å²) in [6.45, 7) is 2.00. The minimum atomic E-state index is 0.539. The van der Waals surface area contributed by atoms with Crippen LogP contribution in [0.25, 0.3) is 11.5 Å². The van der Waals surface area contributed by atoms with Crippen LogP contribution in [0.2, 0.25) is 0 Å². The van der Waals surface area contributed by atoms with E-state index in [1.165, 1.54) is 17.7 Å². The SMILES string of the molecule is c1ccc(-c2nc(CN3CCC[C@H]3c3cccs3)co2)cc1. The predicted molar refractivity (Wildman–Crippen MR) is 88.6 cm³/mol. The minimum Gasteiger partial charge on any atom is -0.444 e. The molecule has 3 aromatic rings. The third-order valence-electron chi connectivity index (χ3n) is 4.17. The summed E-state index contributed by atoms with van der Waals surface area (Å²) in [6, 6.07) is 15.0. The molecule has 112 valence electrons. The smallest absolute Gasteiger partial charge is 0.226 e. The van der Waals surface area contributed by atoms with Crippen LogP contribution in [0.4, 0.5) is 0 Å². The van der Waals surface area contributed by atoms with E-state index in [9.17, 15) is 0 Å². The molecule has 1 fully saturated rings. The lowest BCUT2D eigenvalue weighted by molar-refractivity contribution is 0.248. The zero-order valence-electron chi connectivity index (χ0n) is 12.3. The Labute approximate surface area is 134 Å². The van der Waals surface area contributed by atoms with Crippen LogP contribution in [0.15, 0.2) is 58.5 Å². The molecule has 1 aromatic carbocycles. The van der Waals surface area contributed by atoms with Gasteiger partial charge in [-0.3, -0.25) is 4.90 Å². The Kier molecular flexibility index (Phi) is 3.79. The van der Waals surface area contributed by atoms with E-state index in [0.717, 1.165) is 24.3 Å². The Morgan fingerprint density at radius 3 is 2.91 bits per heavy atom. The number of likely N-dealkylation sites (tertiary alicyclic amines) is 1. The van der Waals surface area contributed by atoms with Gasteiger partial charge < -0.3 is 4.42 Å². The highest BCUT2D eigenvalue weighted by atomic mass is 32.1. The van der Waals surface area contributed by atoms with Crippen molar-refractivity contribution < 1.29 is 4.42 Å². The standard InChI is InChI=1S/C18H18N2OS/c1-2-6-14(7-3-1)18-19-15(13-21-18)12-20-10-4-8-16(20)17-9-5-11-22-17/h1-3,5-7,9,11,13,16H,4,8,10,12H2/t16-/m0/s1. The van der Waals surface area contributed by atoms with Gasteiger partial charge in [-0.05, 0) is 43.0 Å². The second-order valence-electron chi connectivity index (χ2n) is 5.65. The highest BCUT2D eigenvalue weighted by molar-refractivity contribution is 7.10. The Bertz CT molecular complexity index is 721. The number of hydrogen-bond donors (Lipinski definition) is 0. The molecule has 2 aromatic heterocycles. The molecule has 0 unspecified atom stereocenters. The van der Waals surface area contributed by atoms with Crippen LogP contribution in [0.5, 0.6) is 0 Å². The second-order valence-corrected chi connectivity index (χ2v) is 6.63. The molecule has 0 spiro atoms. The summed E-state index contributed by atoms with van der Waals surface area (Å²) in [4.78, 5) is 8.63. The van der Waals surface area contributed by atoms with E-state index in [2.05, 4.69) is 27.4 Å². The molecule has 4 heteroatoms. The summed E-state index contributed by atoms with van der Waals surface area (Å²) in [7, 11) is 0. The van der Waals surface area contributed by atoms with Gasteiger partial charge in [0.25, 0.3) is 0 Å². The molecule has 3 heterocycles. The first-order valence-electron chi connectivity index (χ1n) is 7.67. The van der Waals surface area contributed by atoms with E-state index in [-0.39, 0.29) is 0 Å². The van der Waals surface area contributed by atoms with Crippen molar-refractivity contribution in [1.82, 2.24) is 9.88 Å². The van der Waals surface area contributed by atoms with Gasteiger partial charge in [-0.25, -0.2) is 4.98 Å². The first kappa shape index (κ1) is 13.7. The molecule has 4 rings (SSSR count). The third-order valence-corrected chi connectivity index (χ3v) is 5.15. The Morgan fingerprint density at radius 2 is 2.09 bits per heavy atom.